The lowest BCUT2D eigenvalue weighted by Gasteiger charge is -2.19. The minimum atomic E-state index is -0.471. The van der Waals surface area contributed by atoms with Crippen molar-refractivity contribution < 1.29 is 9.53 Å². The Hall–Kier alpha value is -2.68. The van der Waals surface area contributed by atoms with Crippen LogP contribution in [0.15, 0.2) is 15.7 Å². The van der Waals surface area contributed by atoms with Crippen molar-refractivity contribution in [2.45, 2.75) is 79.0 Å². The van der Waals surface area contributed by atoms with E-state index in [1.807, 2.05) is 19.9 Å². The summed E-state index contributed by atoms with van der Waals surface area (Å²) in [5, 5.41) is 0. The van der Waals surface area contributed by atoms with Gasteiger partial charge >= 0.3 is 11.7 Å². The molecule has 32 heavy (non-hydrogen) atoms. The van der Waals surface area contributed by atoms with Crippen molar-refractivity contribution in [2.24, 2.45) is 5.92 Å². The van der Waals surface area contributed by atoms with Gasteiger partial charge in [0, 0.05) is 18.0 Å². The number of ether oxygens (including phenoxy) is 1. The lowest BCUT2D eigenvalue weighted by Crippen LogP contribution is -2.31. The second-order valence-electron chi connectivity index (χ2n) is 8.36. The third kappa shape index (κ3) is 4.18. The Kier molecular flexibility index (Phi) is 6.64. The Morgan fingerprint density at radius 3 is 2.81 bits per heavy atom. The number of aromatic nitrogens is 4. The van der Waals surface area contributed by atoms with Gasteiger partial charge in [-0.25, -0.2) is 14.6 Å². The largest absolute Gasteiger partial charge is 0.453 e. The highest BCUT2D eigenvalue weighted by molar-refractivity contribution is 7.14. The minimum Gasteiger partial charge on any atom is -0.453 e. The standard InChI is InChI=1S/C23H30N4O4S/c1-4-7-10-27-20-19(21(28)25-23(27)30)26(6-3)18(24-20)13-31-22(29)17-12-15-11-14(5-2)8-9-16(15)32-17/h12,14H,4-11,13H2,1-3H3,(H,25,28,30)/t14-/m1/s1. The van der Waals surface area contributed by atoms with E-state index in [0.29, 0.717) is 40.9 Å². The third-order valence-corrected chi connectivity index (χ3v) is 7.53. The average Bonchev–Trinajstić information content (AvgIpc) is 3.38. The fraction of sp³-hybridized carbons (Fsp3) is 0.565. The number of nitrogens with zero attached hydrogens (tertiary/aromatic N) is 3. The van der Waals surface area contributed by atoms with E-state index in [1.54, 1.807) is 4.57 Å². The molecule has 0 aliphatic heterocycles. The fourth-order valence-electron chi connectivity index (χ4n) is 4.44. The second kappa shape index (κ2) is 9.44. The summed E-state index contributed by atoms with van der Waals surface area (Å²) in [7, 11) is 0. The normalized spacial score (nSPS) is 15.8. The number of carbonyl (C=O) groups is 1. The Morgan fingerprint density at radius 2 is 2.09 bits per heavy atom. The third-order valence-electron chi connectivity index (χ3n) is 6.31. The highest BCUT2D eigenvalue weighted by Crippen LogP contribution is 2.34. The monoisotopic (exact) mass is 458 g/mol. The quantitative estimate of drug-likeness (QED) is 0.520. The number of thiophene rings is 1. The van der Waals surface area contributed by atoms with Crippen molar-refractivity contribution in [3.8, 4) is 0 Å². The van der Waals surface area contributed by atoms with Gasteiger partial charge in [-0.1, -0.05) is 26.7 Å². The molecular weight excluding hydrogens is 428 g/mol. The highest BCUT2D eigenvalue weighted by Gasteiger charge is 2.24. The van der Waals surface area contributed by atoms with Crippen molar-refractivity contribution in [2.75, 3.05) is 0 Å². The molecule has 0 spiro atoms. The van der Waals surface area contributed by atoms with Gasteiger partial charge in [0.05, 0.1) is 0 Å². The Morgan fingerprint density at radius 1 is 1.28 bits per heavy atom. The van der Waals surface area contributed by atoms with Crippen LogP contribution in [-0.2, 0) is 37.3 Å². The first kappa shape index (κ1) is 22.5. The number of nitrogens with one attached hydrogen (secondary N) is 1. The van der Waals surface area contributed by atoms with Crippen LogP contribution in [0, 0.1) is 5.92 Å². The van der Waals surface area contributed by atoms with E-state index in [1.165, 1.54) is 32.8 Å². The number of hydrogen-bond acceptors (Lipinski definition) is 6. The number of aryl methyl sites for hydroxylation is 3. The topological polar surface area (TPSA) is 99.0 Å². The summed E-state index contributed by atoms with van der Waals surface area (Å²) in [5.41, 5.74) is 1.02. The van der Waals surface area contributed by atoms with Gasteiger partial charge in [-0.3, -0.25) is 14.3 Å². The van der Waals surface area contributed by atoms with E-state index >= 15 is 0 Å². The molecule has 3 aromatic rings. The molecule has 0 saturated carbocycles. The summed E-state index contributed by atoms with van der Waals surface area (Å²) in [6, 6.07) is 1.97. The molecule has 1 aliphatic rings. The molecule has 9 heteroatoms. The average molecular weight is 459 g/mol. The maximum atomic E-state index is 12.8. The zero-order valence-corrected chi connectivity index (χ0v) is 19.7. The Labute approximate surface area is 190 Å². The maximum Gasteiger partial charge on any atom is 0.348 e. The molecule has 172 valence electrons. The number of H-pyrrole nitrogens is 1. The molecule has 0 aromatic carbocycles. The molecule has 1 N–H and O–H groups in total. The number of unbranched alkanes of at least 4 members (excludes halogenated alkanes) is 1. The maximum absolute atomic E-state index is 12.8. The van der Waals surface area contributed by atoms with Crippen LogP contribution in [0.4, 0.5) is 0 Å². The van der Waals surface area contributed by atoms with Gasteiger partial charge < -0.3 is 9.30 Å². The first-order valence-corrected chi connectivity index (χ1v) is 12.3. The molecule has 0 saturated heterocycles. The van der Waals surface area contributed by atoms with Crippen LogP contribution in [-0.4, -0.2) is 25.1 Å². The summed E-state index contributed by atoms with van der Waals surface area (Å²) in [6.45, 7) is 7.04. The summed E-state index contributed by atoms with van der Waals surface area (Å²) in [5.74, 6) is 0.780. The predicted octanol–water partition coefficient (Wildman–Crippen LogP) is 3.64. The number of aromatic amines is 1. The van der Waals surface area contributed by atoms with E-state index in [4.69, 9.17) is 4.74 Å². The van der Waals surface area contributed by atoms with E-state index in [2.05, 4.69) is 16.9 Å². The van der Waals surface area contributed by atoms with Gasteiger partial charge in [0.15, 0.2) is 11.2 Å². The predicted molar refractivity (Wildman–Crippen MR) is 124 cm³/mol. The molecular formula is C23H30N4O4S. The summed E-state index contributed by atoms with van der Waals surface area (Å²) < 4.78 is 8.81. The zero-order chi connectivity index (χ0) is 22.8. The first-order chi connectivity index (χ1) is 15.5. The van der Waals surface area contributed by atoms with E-state index in [9.17, 15) is 14.4 Å². The molecule has 4 rings (SSSR count). The van der Waals surface area contributed by atoms with E-state index in [-0.39, 0.29) is 12.6 Å². The van der Waals surface area contributed by atoms with Gasteiger partial charge in [0.2, 0.25) is 0 Å². The Balaban J connectivity index is 1.59. The summed E-state index contributed by atoms with van der Waals surface area (Å²) >= 11 is 1.52. The van der Waals surface area contributed by atoms with Crippen LogP contribution in [0.3, 0.4) is 0 Å². The van der Waals surface area contributed by atoms with Gasteiger partial charge in [-0.2, -0.15) is 0 Å². The highest BCUT2D eigenvalue weighted by atomic mass is 32.1. The van der Waals surface area contributed by atoms with Crippen molar-refractivity contribution >= 4 is 28.5 Å². The van der Waals surface area contributed by atoms with E-state index in [0.717, 1.165) is 32.1 Å². The first-order valence-electron chi connectivity index (χ1n) is 11.5. The van der Waals surface area contributed by atoms with Crippen molar-refractivity contribution in [3.05, 3.63) is 48.0 Å². The summed E-state index contributed by atoms with van der Waals surface area (Å²) in [6.07, 6.45) is 6.09. The van der Waals surface area contributed by atoms with Gasteiger partial charge in [0.1, 0.15) is 17.3 Å². The zero-order valence-electron chi connectivity index (χ0n) is 18.9. The SMILES string of the molecule is CCCCn1c(=O)[nH]c(=O)c2c1nc(COC(=O)c1cc3c(s1)CC[C@@H](CC)C3)n2CC. The molecule has 1 aliphatic carbocycles. The number of fused-ring (bicyclic) bond motifs is 2. The Bertz CT molecular complexity index is 1250. The van der Waals surface area contributed by atoms with Crippen LogP contribution in [0.2, 0.25) is 0 Å². The van der Waals surface area contributed by atoms with Crippen LogP contribution in [0.1, 0.15) is 72.4 Å². The second-order valence-corrected chi connectivity index (χ2v) is 9.50. The molecule has 0 radical (unpaired) electrons. The molecule has 0 amide bonds. The minimum absolute atomic E-state index is 0.0527. The van der Waals surface area contributed by atoms with Crippen molar-refractivity contribution in [3.63, 3.8) is 0 Å². The number of esters is 1. The smallest absolute Gasteiger partial charge is 0.348 e. The number of carbonyl (C=O) groups excluding carboxylic acids is 1. The van der Waals surface area contributed by atoms with Gasteiger partial charge in [-0.15, -0.1) is 11.3 Å². The summed E-state index contributed by atoms with van der Waals surface area (Å²) in [4.78, 5) is 46.4. The molecule has 8 nitrogen and oxygen atoms in total. The number of imidazole rings is 1. The van der Waals surface area contributed by atoms with E-state index < -0.39 is 11.2 Å². The van der Waals surface area contributed by atoms with Crippen molar-refractivity contribution in [1.29, 1.82) is 0 Å². The van der Waals surface area contributed by atoms with Gasteiger partial charge in [-0.05, 0) is 50.2 Å². The van der Waals surface area contributed by atoms with Crippen LogP contribution >= 0.6 is 11.3 Å². The molecule has 3 heterocycles. The van der Waals surface area contributed by atoms with Crippen molar-refractivity contribution in [1.82, 2.24) is 19.1 Å². The van der Waals surface area contributed by atoms with Gasteiger partial charge in [0.25, 0.3) is 5.56 Å². The number of rotatable bonds is 8. The molecule has 0 fully saturated rings. The van der Waals surface area contributed by atoms with Crippen LogP contribution in [0.25, 0.3) is 11.2 Å². The molecule has 0 bridgehead atoms. The number of hydrogen-bond donors (Lipinski definition) is 1. The fourth-order valence-corrected chi connectivity index (χ4v) is 5.54. The molecule has 3 aromatic heterocycles. The van der Waals surface area contributed by atoms with Crippen LogP contribution in [0.5, 0.6) is 0 Å². The lowest BCUT2D eigenvalue weighted by atomic mass is 9.87. The van der Waals surface area contributed by atoms with Crippen LogP contribution < -0.4 is 11.2 Å². The lowest BCUT2D eigenvalue weighted by molar-refractivity contribution is 0.0464. The molecule has 1 atom stereocenters. The molecule has 0 unspecified atom stereocenters.